The van der Waals surface area contributed by atoms with Gasteiger partial charge in [0.05, 0.1) is 0 Å². The Kier molecular flexibility index (Phi) is 2.06. The van der Waals surface area contributed by atoms with Crippen LogP contribution in [0.15, 0.2) is 30.3 Å². The van der Waals surface area contributed by atoms with Crippen LogP contribution in [0.1, 0.15) is 34.3 Å². The summed E-state index contributed by atoms with van der Waals surface area (Å²) in [6.45, 7) is 2.10. The van der Waals surface area contributed by atoms with Gasteiger partial charge in [0.15, 0.2) is 5.78 Å². The molecular formula is C15H14O. The van der Waals surface area contributed by atoms with Gasteiger partial charge in [-0.05, 0) is 36.1 Å². The Bertz CT molecular complexity index is 581. The minimum Gasteiger partial charge on any atom is -0.294 e. The third kappa shape index (κ3) is 1.35. The van der Waals surface area contributed by atoms with E-state index < -0.39 is 0 Å². The van der Waals surface area contributed by atoms with Crippen LogP contribution in [0.4, 0.5) is 0 Å². The molecule has 0 aromatic heterocycles. The van der Waals surface area contributed by atoms with Crippen LogP contribution in [-0.2, 0) is 6.42 Å². The summed E-state index contributed by atoms with van der Waals surface area (Å²) < 4.78 is 0. The molecule has 1 aliphatic carbocycles. The fourth-order valence-electron chi connectivity index (χ4n) is 2.59. The third-order valence-corrected chi connectivity index (χ3v) is 3.42. The first-order valence-electron chi connectivity index (χ1n) is 5.81. The van der Waals surface area contributed by atoms with Gasteiger partial charge in [0.2, 0.25) is 0 Å². The molecule has 2 aromatic rings. The summed E-state index contributed by atoms with van der Waals surface area (Å²) in [5.41, 5.74) is 3.47. The largest absolute Gasteiger partial charge is 0.294 e. The summed E-state index contributed by atoms with van der Waals surface area (Å²) in [7, 11) is 0. The van der Waals surface area contributed by atoms with E-state index in [-0.39, 0.29) is 0 Å². The van der Waals surface area contributed by atoms with Crippen molar-refractivity contribution in [2.45, 2.75) is 26.2 Å². The number of carbonyl (C=O) groups excluding carboxylic acids is 1. The molecule has 0 N–H and O–H groups in total. The zero-order valence-corrected chi connectivity index (χ0v) is 9.42. The average molecular weight is 210 g/mol. The van der Waals surface area contributed by atoms with Crippen LogP contribution in [0.25, 0.3) is 10.8 Å². The summed E-state index contributed by atoms with van der Waals surface area (Å²) >= 11 is 0. The first-order valence-corrected chi connectivity index (χ1v) is 5.81. The molecule has 16 heavy (non-hydrogen) atoms. The van der Waals surface area contributed by atoms with Gasteiger partial charge >= 0.3 is 0 Å². The number of Topliss-reactive ketones (excluding diaryl/α,β-unsaturated/α-hetero) is 1. The molecule has 0 unspecified atom stereocenters. The van der Waals surface area contributed by atoms with Crippen molar-refractivity contribution in [2.75, 3.05) is 0 Å². The van der Waals surface area contributed by atoms with Crippen LogP contribution in [0.5, 0.6) is 0 Å². The molecule has 0 fully saturated rings. The Morgan fingerprint density at radius 3 is 2.75 bits per heavy atom. The van der Waals surface area contributed by atoms with E-state index in [9.17, 15) is 4.79 Å². The molecular weight excluding hydrogens is 196 g/mol. The van der Waals surface area contributed by atoms with E-state index in [0.29, 0.717) is 12.2 Å². The SMILES string of the molecule is Cc1ccc2ccc3c(c2c1)CCCC3=O. The maximum Gasteiger partial charge on any atom is 0.163 e. The second-order valence-corrected chi connectivity index (χ2v) is 4.59. The van der Waals surface area contributed by atoms with Gasteiger partial charge in [0.1, 0.15) is 0 Å². The molecule has 0 saturated heterocycles. The van der Waals surface area contributed by atoms with Crippen LogP contribution in [0, 0.1) is 6.92 Å². The van der Waals surface area contributed by atoms with Crippen molar-refractivity contribution >= 4 is 16.6 Å². The highest BCUT2D eigenvalue weighted by Crippen LogP contribution is 2.29. The van der Waals surface area contributed by atoms with Crippen LogP contribution in [0.3, 0.4) is 0 Å². The van der Waals surface area contributed by atoms with Crippen molar-refractivity contribution in [3.8, 4) is 0 Å². The van der Waals surface area contributed by atoms with E-state index in [1.165, 1.54) is 21.9 Å². The first-order chi connectivity index (χ1) is 7.75. The van der Waals surface area contributed by atoms with E-state index in [2.05, 4.69) is 31.2 Å². The quantitative estimate of drug-likeness (QED) is 0.648. The first kappa shape index (κ1) is 9.59. The lowest BCUT2D eigenvalue weighted by molar-refractivity contribution is 0.0973. The number of carbonyl (C=O) groups is 1. The normalized spacial score (nSPS) is 15.2. The number of hydrogen-bond acceptors (Lipinski definition) is 1. The second kappa shape index (κ2) is 3.44. The van der Waals surface area contributed by atoms with Gasteiger partial charge in [-0.1, -0.05) is 35.9 Å². The topological polar surface area (TPSA) is 17.1 Å². The van der Waals surface area contributed by atoms with Crippen LogP contribution in [-0.4, -0.2) is 5.78 Å². The monoisotopic (exact) mass is 210 g/mol. The minimum absolute atomic E-state index is 0.310. The number of ketones is 1. The van der Waals surface area contributed by atoms with Crippen molar-refractivity contribution in [3.05, 3.63) is 47.0 Å². The lowest BCUT2D eigenvalue weighted by Crippen LogP contribution is -2.10. The maximum absolute atomic E-state index is 11.8. The highest BCUT2D eigenvalue weighted by molar-refractivity contribution is 6.03. The Morgan fingerprint density at radius 1 is 1.06 bits per heavy atom. The lowest BCUT2D eigenvalue weighted by Gasteiger charge is -2.17. The number of hydrogen-bond donors (Lipinski definition) is 0. The molecule has 0 amide bonds. The molecule has 0 bridgehead atoms. The number of benzene rings is 2. The van der Waals surface area contributed by atoms with E-state index in [4.69, 9.17) is 0 Å². The van der Waals surface area contributed by atoms with Crippen molar-refractivity contribution in [2.24, 2.45) is 0 Å². The van der Waals surface area contributed by atoms with Crippen molar-refractivity contribution in [1.29, 1.82) is 0 Å². The summed E-state index contributed by atoms with van der Waals surface area (Å²) in [5.74, 6) is 0.310. The Balaban J connectivity index is 2.37. The Hall–Kier alpha value is -1.63. The van der Waals surface area contributed by atoms with Crippen LogP contribution < -0.4 is 0 Å². The van der Waals surface area contributed by atoms with Gasteiger partial charge in [0.25, 0.3) is 0 Å². The van der Waals surface area contributed by atoms with Gasteiger partial charge in [-0.2, -0.15) is 0 Å². The van der Waals surface area contributed by atoms with Crippen molar-refractivity contribution in [3.63, 3.8) is 0 Å². The highest BCUT2D eigenvalue weighted by Gasteiger charge is 2.18. The second-order valence-electron chi connectivity index (χ2n) is 4.59. The molecule has 0 heterocycles. The van der Waals surface area contributed by atoms with E-state index in [0.717, 1.165) is 18.4 Å². The fraction of sp³-hybridized carbons (Fsp3) is 0.267. The van der Waals surface area contributed by atoms with E-state index in [1.807, 2.05) is 6.07 Å². The van der Waals surface area contributed by atoms with Crippen LogP contribution in [0.2, 0.25) is 0 Å². The van der Waals surface area contributed by atoms with Crippen LogP contribution >= 0.6 is 0 Å². The minimum atomic E-state index is 0.310. The van der Waals surface area contributed by atoms with Gasteiger partial charge in [0, 0.05) is 12.0 Å². The lowest BCUT2D eigenvalue weighted by atomic mass is 9.86. The average Bonchev–Trinajstić information content (AvgIpc) is 2.29. The molecule has 0 spiro atoms. The highest BCUT2D eigenvalue weighted by atomic mass is 16.1. The van der Waals surface area contributed by atoms with E-state index >= 15 is 0 Å². The Morgan fingerprint density at radius 2 is 1.88 bits per heavy atom. The predicted octanol–water partition coefficient (Wildman–Crippen LogP) is 3.67. The van der Waals surface area contributed by atoms with Gasteiger partial charge in [-0.3, -0.25) is 4.79 Å². The number of fused-ring (bicyclic) bond motifs is 3. The summed E-state index contributed by atoms with van der Waals surface area (Å²) in [6, 6.07) is 10.5. The van der Waals surface area contributed by atoms with E-state index in [1.54, 1.807) is 0 Å². The molecule has 0 atom stereocenters. The number of rotatable bonds is 0. The smallest absolute Gasteiger partial charge is 0.163 e. The Labute approximate surface area is 95.1 Å². The predicted molar refractivity (Wildman–Crippen MR) is 66.0 cm³/mol. The molecule has 0 radical (unpaired) electrons. The summed E-state index contributed by atoms with van der Waals surface area (Å²) in [4.78, 5) is 11.8. The summed E-state index contributed by atoms with van der Waals surface area (Å²) in [6.07, 6.45) is 2.76. The molecule has 3 rings (SSSR count). The zero-order chi connectivity index (χ0) is 11.1. The molecule has 1 aliphatic rings. The standard InChI is InChI=1S/C15H14O/c1-10-5-6-11-7-8-13-12(14(11)9-10)3-2-4-15(13)16/h5-9H,2-4H2,1H3. The molecule has 2 aromatic carbocycles. The third-order valence-electron chi connectivity index (χ3n) is 3.42. The summed E-state index contributed by atoms with van der Waals surface area (Å²) in [5, 5.41) is 2.52. The zero-order valence-electron chi connectivity index (χ0n) is 9.42. The fourth-order valence-corrected chi connectivity index (χ4v) is 2.59. The molecule has 1 nitrogen and oxygen atoms in total. The van der Waals surface area contributed by atoms with Crippen molar-refractivity contribution in [1.82, 2.24) is 0 Å². The maximum atomic E-state index is 11.8. The van der Waals surface area contributed by atoms with Gasteiger partial charge in [-0.25, -0.2) is 0 Å². The molecule has 0 aliphatic heterocycles. The molecule has 80 valence electrons. The molecule has 0 saturated carbocycles. The van der Waals surface area contributed by atoms with Gasteiger partial charge in [-0.15, -0.1) is 0 Å². The number of aryl methyl sites for hydroxylation is 2. The molecule has 1 heteroatoms. The van der Waals surface area contributed by atoms with Crippen molar-refractivity contribution < 1.29 is 4.79 Å². The van der Waals surface area contributed by atoms with Gasteiger partial charge < -0.3 is 0 Å².